The third kappa shape index (κ3) is 4.97. The summed E-state index contributed by atoms with van der Waals surface area (Å²) in [7, 11) is -4.36. The third-order valence-electron chi connectivity index (χ3n) is 4.54. The summed E-state index contributed by atoms with van der Waals surface area (Å²) in [5, 5.41) is 12.2. The maximum atomic E-state index is 13.4. The molecule has 0 bridgehead atoms. The highest BCUT2D eigenvalue weighted by atomic mass is 32.2. The minimum absolute atomic E-state index is 0.0796. The maximum absolute atomic E-state index is 13.4. The van der Waals surface area contributed by atoms with Crippen molar-refractivity contribution in [3.8, 4) is 17.3 Å². The molecule has 4 aromatic rings. The molecule has 178 valence electrons. The van der Waals surface area contributed by atoms with Crippen LogP contribution in [0.1, 0.15) is 5.56 Å². The van der Waals surface area contributed by atoms with Crippen LogP contribution in [-0.2, 0) is 16.2 Å². The van der Waals surface area contributed by atoms with Crippen LogP contribution in [0.4, 0.5) is 22.0 Å². The van der Waals surface area contributed by atoms with Gasteiger partial charge in [-0.15, -0.1) is 15.3 Å². The van der Waals surface area contributed by atoms with E-state index >= 15 is 0 Å². The van der Waals surface area contributed by atoms with Gasteiger partial charge in [-0.25, -0.2) is 21.9 Å². The maximum Gasteiger partial charge on any atom is 0.419 e. The molecule has 0 unspecified atom stereocenters. The van der Waals surface area contributed by atoms with Gasteiger partial charge in [-0.2, -0.15) is 17.7 Å². The van der Waals surface area contributed by atoms with Crippen LogP contribution in [0.5, 0.6) is 5.88 Å². The minimum atomic E-state index is -5.04. The number of hydrogen-bond acceptors (Lipinski definition) is 6. The predicted octanol–water partition coefficient (Wildman–Crippen LogP) is 3.45. The van der Waals surface area contributed by atoms with Crippen molar-refractivity contribution in [1.82, 2.24) is 24.5 Å². The van der Waals surface area contributed by atoms with E-state index in [1.165, 1.54) is 34.8 Å². The van der Waals surface area contributed by atoms with E-state index in [0.29, 0.717) is 23.1 Å². The van der Waals surface area contributed by atoms with Gasteiger partial charge in [-0.3, -0.25) is 0 Å². The van der Waals surface area contributed by atoms with Crippen molar-refractivity contribution in [2.45, 2.75) is 11.1 Å². The second-order valence-corrected chi connectivity index (χ2v) is 8.62. The van der Waals surface area contributed by atoms with Crippen LogP contribution in [0.15, 0.2) is 59.5 Å². The van der Waals surface area contributed by atoms with Crippen molar-refractivity contribution < 1.29 is 35.1 Å². The fraction of sp³-hybridized carbons (Fsp3) is 0.150. The highest BCUT2D eigenvalue weighted by molar-refractivity contribution is 7.89. The first-order valence-electron chi connectivity index (χ1n) is 9.52. The Bertz CT molecular complexity index is 1440. The number of ether oxygens (including phenoxy) is 1. The van der Waals surface area contributed by atoms with Crippen molar-refractivity contribution in [2.24, 2.45) is 0 Å². The molecule has 0 saturated heterocycles. The fourth-order valence-corrected chi connectivity index (χ4v) is 3.97. The first kappa shape index (κ1) is 23.5. The normalized spacial score (nSPS) is 12.3. The average molecular weight is 499 g/mol. The summed E-state index contributed by atoms with van der Waals surface area (Å²) in [6.45, 7) is -0.535. The van der Waals surface area contributed by atoms with Gasteiger partial charge in [-0.05, 0) is 48.5 Å². The summed E-state index contributed by atoms with van der Waals surface area (Å²) < 4.78 is 98.5. The molecule has 2 heterocycles. The molecule has 0 radical (unpaired) electrons. The summed E-state index contributed by atoms with van der Waals surface area (Å²) in [6, 6.07) is 9.88. The highest BCUT2D eigenvalue weighted by Crippen LogP contribution is 2.32. The molecule has 0 aliphatic carbocycles. The molecule has 2 aromatic carbocycles. The zero-order valence-electron chi connectivity index (χ0n) is 16.9. The van der Waals surface area contributed by atoms with Crippen LogP contribution in [-0.4, -0.2) is 41.4 Å². The molecule has 8 nitrogen and oxygen atoms in total. The Hall–Kier alpha value is -3.65. The SMILES string of the molecule is O=S(=O)(NCCOc1ccc2nnc(-c3ccc(F)cc3)n2n1)c1ccc(F)c(C(F)(F)F)c1. The number of alkyl halides is 3. The number of nitrogens with zero attached hydrogens (tertiary/aromatic N) is 4. The van der Waals surface area contributed by atoms with Crippen molar-refractivity contribution in [1.29, 1.82) is 0 Å². The zero-order valence-corrected chi connectivity index (χ0v) is 17.7. The minimum Gasteiger partial charge on any atom is -0.475 e. The zero-order chi connectivity index (χ0) is 24.5. The second kappa shape index (κ2) is 8.95. The Morgan fingerprint density at radius 1 is 0.971 bits per heavy atom. The molecular formula is C20H14F5N5O3S. The smallest absolute Gasteiger partial charge is 0.419 e. The number of nitrogens with one attached hydrogen (secondary N) is 1. The van der Waals surface area contributed by atoms with Crippen LogP contribution >= 0.6 is 0 Å². The van der Waals surface area contributed by atoms with Gasteiger partial charge in [0.05, 0.1) is 10.5 Å². The number of benzene rings is 2. The number of sulfonamides is 1. The van der Waals surface area contributed by atoms with Crippen molar-refractivity contribution in [2.75, 3.05) is 13.2 Å². The lowest BCUT2D eigenvalue weighted by atomic mass is 10.2. The molecule has 0 aliphatic heterocycles. The van der Waals surface area contributed by atoms with Crippen molar-refractivity contribution in [3.05, 3.63) is 71.8 Å². The molecule has 14 heteroatoms. The Labute approximate surface area is 189 Å². The van der Waals surface area contributed by atoms with Gasteiger partial charge in [0.25, 0.3) is 0 Å². The third-order valence-corrected chi connectivity index (χ3v) is 6.00. The summed E-state index contributed by atoms with van der Waals surface area (Å²) in [6.07, 6.45) is -5.04. The summed E-state index contributed by atoms with van der Waals surface area (Å²) in [5.74, 6) is -1.61. The second-order valence-electron chi connectivity index (χ2n) is 6.86. The van der Waals surface area contributed by atoms with Gasteiger partial charge < -0.3 is 4.74 Å². The first-order valence-corrected chi connectivity index (χ1v) is 11.0. The Balaban J connectivity index is 1.43. The number of aromatic nitrogens is 4. The van der Waals surface area contributed by atoms with E-state index in [0.717, 1.165) is 6.07 Å². The topological polar surface area (TPSA) is 98.5 Å². The van der Waals surface area contributed by atoms with E-state index in [4.69, 9.17) is 4.74 Å². The Morgan fingerprint density at radius 3 is 2.41 bits per heavy atom. The van der Waals surface area contributed by atoms with E-state index in [2.05, 4.69) is 20.0 Å². The number of rotatable bonds is 7. The van der Waals surface area contributed by atoms with E-state index < -0.39 is 38.3 Å². The molecule has 0 aliphatic rings. The Kier molecular flexibility index (Phi) is 6.18. The molecule has 2 aromatic heterocycles. The monoisotopic (exact) mass is 499 g/mol. The summed E-state index contributed by atoms with van der Waals surface area (Å²) >= 11 is 0. The van der Waals surface area contributed by atoms with Crippen LogP contribution in [0.2, 0.25) is 0 Å². The summed E-state index contributed by atoms with van der Waals surface area (Å²) in [4.78, 5) is -0.741. The van der Waals surface area contributed by atoms with Gasteiger partial charge in [0.2, 0.25) is 15.9 Å². The van der Waals surface area contributed by atoms with Gasteiger partial charge >= 0.3 is 6.18 Å². The van der Waals surface area contributed by atoms with E-state index in [9.17, 15) is 30.4 Å². The fourth-order valence-electron chi connectivity index (χ4n) is 2.93. The van der Waals surface area contributed by atoms with Crippen LogP contribution < -0.4 is 9.46 Å². The van der Waals surface area contributed by atoms with Gasteiger partial charge in [-0.1, -0.05) is 0 Å². The van der Waals surface area contributed by atoms with Gasteiger partial charge in [0, 0.05) is 18.2 Å². The van der Waals surface area contributed by atoms with Crippen LogP contribution in [0.3, 0.4) is 0 Å². The lowest BCUT2D eigenvalue weighted by molar-refractivity contribution is -0.140. The molecule has 0 atom stereocenters. The molecule has 4 rings (SSSR count). The molecule has 0 spiro atoms. The van der Waals surface area contributed by atoms with Gasteiger partial charge in [0.1, 0.15) is 18.2 Å². The quantitative estimate of drug-likeness (QED) is 0.309. The van der Waals surface area contributed by atoms with Crippen molar-refractivity contribution in [3.63, 3.8) is 0 Å². The van der Waals surface area contributed by atoms with E-state index in [-0.39, 0.29) is 25.1 Å². The van der Waals surface area contributed by atoms with Crippen LogP contribution in [0, 0.1) is 11.6 Å². The molecule has 0 saturated carbocycles. The predicted molar refractivity (Wildman–Crippen MR) is 108 cm³/mol. The molecule has 34 heavy (non-hydrogen) atoms. The van der Waals surface area contributed by atoms with E-state index in [1.54, 1.807) is 6.07 Å². The van der Waals surface area contributed by atoms with Gasteiger partial charge in [0.15, 0.2) is 11.5 Å². The standard InChI is InChI=1S/C20H14F5N5O3S/c21-13-3-1-12(2-4-13)19-28-27-17-7-8-18(29-30(17)19)33-10-9-26-34(31,32)14-5-6-16(22)15(11-14)20(23,24)25/h1-8,11,26H,9-10H2. The molecule has 0 fully saturated rings. The van der Waals surface area contributed by atoms with Crippen molar-refractivity contribution >= 4 is 15.7 Å². The van der Waals surface area contributed by atoms with Crippen LogP contribution in [0.25, 0.3) is 17.0 Å². The first-order chi connectivity index (χ1) is 16.0. The molecular weight excluding hydrogens is 485 g/mol. The Morgan fingerprint density at radius 2 is 1.71 bits per heavy atom. The summed E-state index contributed by atoms with van der Waals surface area (Å²) in [5.41, 5.74) is -0.761. The molecule has 0 amide bonds. The average Bonchev–Trinajstić information content (AvgIpc) is 3.20. The van der Waals surface area contributed by atoms with E-state index in [1.807, 2.05) is 0 Å². The number of halogens is 5. The highest BCUT2D eigenvalue weighted by Gasteiger charge is 2.35. The lowest BCUT2D eigenvalue weighted by Crippen LogP contribution is -2.28. The molecule has 1 N–H and O–H groups in total. The largest absolute Gasteiger partial charge is 0.475 e. The number of hydrogen-bond donors (Lipinski definition) is 1. The number of fused-ring (bicyclic) bond motifs is 1. The lowest BCUT2D eigenvalue weighted by Gasteiger charge is -2.11.